The lowest BCUT2D eigenvalue weighted by Gasteiger charge is -2.21. The van der Waals surface area contributed by atoms with Crippen LogP contribution in [-0.4, -0.2) is 43.7 Å². The predicted octanol–water partition coefficient (Wildman–Crippen LogP) is 2.39. The number of nitrogens with two attached hydrogens (primary N) is 1. The standard InChI is InChI=1S/C13H25N3O.HI/c1-12(2)11-17-10-7-15-13(14)16-8-5-3-4-6-9-16;/h1,3-11H2,2H3,(H2,14,15);1H. The summed E-state index contributed by atoms with van der Waals surface area (Å²) in [6.07, 6.45) is 5.07. The fraction of sp³-hybridized carbons (Fsp3) is 0.769. The van der Waals surface area contributed by atoms with Gasteiger partial charge in [-0.25, -0.2) is 0 Å². The first-order chi connectivity index (χ1) is 8.20. The molecule has 1 fully saturated rings. The van der Waals surface area contributed by atoms with Crippen LogP contribution in [0, 0.1) is 0 Å². The third-order valence-electron chi connectivity index (χ3n) is 2.79. The van der Waals surface area contributed by atoms with Gasteiger partial charge in [0.1, 0.15) is 0 Å². The number of hydrogen-bond donors (Lipinski definition) is 1. The fourth-order valence-electron chi connectivity index (χ4n) is 1.87. The highest BCUT2D eigenvalue weighted by Crippen LogP contribution is 2.08. The van der Waals surface area contributed by atoms with E-state index >= 15 is 0 Å². The molecule has 0 radical (unpaired) electrons. The van der Waals surface area contributed by atoms with Crippen molar-refractivity contribution in [1.29, 1.82) is 0 Å². The second-order valence-electron chi connectivity index (χ2n) is 4.65. The minimum atomic E-state index is 0. The first-order valence-electron chi connectivity index (χ1n) is 6.47. The molecule has 0 aromatic rings. The van der Waals surface area contributed by atoms with Crippen molar-refractivity contribution in [2.75, 3.05) is 32.8 Å². The lowest BCUT2D eigenvalue weighted by Crippen LogP contribution is -2.38. The number of halogens is 1. The van der Waals surface area contributed by atoms with E-state index in [1.807, 2.05) is 6.92 Å². The highest BCUT2D eigenvalue weighted by Gasteiger charge is 2.10. The van der Waals surface area contributed by atoms with Gasteiger partial charge in [0.05, 0.1) is 19.8 Å². The summed E-state index contributed by atoms with van der Waals surface area (Å²) in [4.78, 5) is 6.54. The van der Waals surface area contributed by atoms with Gasteiger partial charge in [-0.3, -0.25) is 4.99 Å². The van der Waals surface area contributed by atoms with E-state index in [0.29, 0.717) is 25.7 Å². The van der Waals surface area contributed by atoms with E-state index in [9.17, 15) is 0 Å². The van der Waals surface area contributed by atoms with Gasteiger partial charge in [0.15, 0.2) is 5.96 Å². The Morgan fingerprint density at radius 1 is 1.28 bits per heavy atom. The Morgan fingerprint density at radius 3 is 2.44 bits per heavy atom. The Kier molecular flexibility index (Phi) is 10.4. The summed E-state index contributed by atoms with van der Waals surface area (Å²) >= 11 is 0. The zero-order chi connectivity index (χ0) is 12.5. The van der Waals surface area contributed by atoms with Crippen molar-refractivity contribution >= 4 is 29.9 Å². The zero-order valence-corrected chi connectivity index (χ0v) is 13.7. The Balaban J connectivity index is 0.00000289. The molecule has 0 bridgehead atoms. The van der Waals surface area contributed by atoms with Crippen LogP contribution >= 0.6 is 24.0 Å². The second kappa shape index (κ2) is 10.6. The Morgan fingerprint density at radius 2 is 1.89 bits per heavy atom. The summed E-state index contributed by atoms with van der Waals surface area (Å²) < 4.78 is 5.38. The van der Waals surface area contributed by atoms with E-state index in [1.54, 1.807) is 0 Å². The van der Waals surface area contributed by atoms with Crippen molar-refractivity contribution in [3.05, 3.63) is 12.2 Å². The lowest BCUT2D eigenvalue weighted by atomic mass is 10.2. The number of rotatable bonds is 5. The molecule has 2 N–H and O–H groups in total. The van der Waals surface area contributed by atoms with Gasteiger partial charge in [0.25, 0.3) is 0 Å². The van der Waals surface area contributed by atoms with Crippen LogP contribution in [0.15, 0.2) is 17.1 Å². The van der Waals surface area contributed by atoms with Crippen LogP contribution < -0.4 is 5.73 Å². The highest BCUT2D eigenvalue weighted by atomic mass is 127. The Hall–Kier alpha value is -0.300. The topological polar surface area (TPSA) is 50.9 Å². The monoisotopic (exact) mass is 367 g/mol. The second-order valence-corrected chi connectivity index (χ2v) is 4.65. The normalized spacial score (nSPS) is 16.9. The van der Waals surface area contributed by atoms with Crippen molar-refractivity contribution in [3.63, 3.8) is 0 Å². The number of ether oxygens (including phenoxy) is 1. The number of aliphatic imine (C=N–C) groups is 1. The molecular formula is C13H26IN3O. The number of nitrogens with zero attached hydrogens (tertiary/aromatic N) is 2. The van der Waals surface area contributed by atoms with Gasteiger partial charge >= 0.3 is 0 Å². The summed E-state index contributed by atoms with van der Waals surface area (Å²) in [7, 11) is 0. The van der Waals surface area contributed by atoms with Crippen LogP contribution in [0.1, 0.15) is 32.6 Å². The predicted molar refractivity (Wildman–Crippen MR) is 87.6 cm³/mol. The smallest absolute Gasteiger partial charge is 0.191 e. The van der Waals surface area contributed by atoms with Gasteiger partial charge in [-0.2, -0.15) is 0 Å². The van der Waals surface area contributed by atoms with Crippen molar-refractivity contribution in [3.8, 4) is 0 Å². The molecule has 0 aromatic heterocycles. The van der Waals surface area contributed by atoms with Crippen molar-refractivity contribution < 1.29 is 4.74 Å². The highest BCUT2D eigenvalue weighted by molar-refractivity contribution is 14.0. The molecule has 0 unspecified atom stereocenters. The van der Waals surface area contributed by atoms with Gasteiger partial charge in [-0.1, -0.05) is 25.0 Å². The summed E-state index contributed by atoms with van der Waals surface area (Å²) in [6, 6.07) is 0. The van der Waals surface area contributed by atoms with E-state index in [1.165, 1.54) is 25.7 Å². The first kappa shape index (κ1) is 17.7. The molecular weight excluding hydrogens is 341 g/mol. The van der Waals surface area contributed by atoms with Gasteiger partial charge in [-0.15, -0.1) is 24.0 Å². The Labute approximate surface area is 128 Å². The molecule has 1 aliphatic rings. The Bertz CT molecular complexity index is 261. The molecule has 1 aliphatic heterocycles. The van der Waals surface area contributed by atoms with Crippen LogP contribution in [0.4, 0.5) is 0 Å². The maximum absolute atomic E-state index is 5.96. The SMILES string of the molecule is C=C(C)COCCN=C(N)N1CCCCCC1.I. The van der Waals surface area contributed by atoms with Gasteiger partial charge < -0.3 is 15.4 Å². The number of guanidine groups is 1. The van der Waals surface area contributed by atoms with Crippen LogP contribution in [0.3, 0.4) is 0 Å². The van der Waals surface area contributed by atoms with Crippen LogP contribution in [0.2, 0.25) is 0 Å². The molecule has 0 amide bonds. The third-order valence-corrected chi connectivity index (χ3v) is 2.79. The van der Waals surface area contributed by atoms with Gasteiger partial charge in [0, 0.05) is 13.1 Å². The van der Waals surface area contributed by atoms with Crippen molar-refractivity contribution in [1.82, 2.24) is 4.90 Å². The van der Waals surface area contributed by atoms with Crippen LogP contribution in [0.25, 0.3) is 0 Å². The number of likely N-dealkylation sites (tertiary alicyclic amines) is 1. The molecule has 1 rings (SSSR count). The molecule has 0 aromatic carbocycles. The van der Waals surface area contributed by atoms with Gasteiger partial charge in [0.2, 0.25) is 0 Å². The zero-order valence-electron chi connectivity index (χ0n) is 11.4. The summed E-state index contributed by atoms with van der Waals surface area (Å²) in [6.45, 7) is 9.68. The maximum Gasteiger partial charge on any atom is 0.191 e. The minimum absolute atomic E-state index is 0. The van der Waals surface area contributed by atoms with E-state index in [-0.39, 0.29) is 24.0 Å². The van der Waals surface area contributed by atoms with Crippen molar-refractivity contribution in [2.24, 2.45) is 10.7 Å². The summed E-state index contributed by atoms with van der Waals surface area (Å²) in [5, 5.41) is 0. The third kappa shape index (κ3) is 7.92. The minimum Gasteiger partial charge on any atom is -0.375 e. The molecule has 4 nitrogen and oxygen atoms in total. The van der Waals surface area contributed by atoms with Crippen LogP contribution in [0.5, 0.6) is 0 Å². The van der Waals surface area contributed by atoms with Crippen molar-refractivity contribution in [2.45, 2.75) is 32.6 Å². The quantitative estimate of drug-likeness (QED) is 0.267. The molecule has 0 aliphatic carbocycles. The molecule has 0 saturated carbocycles. The molecule has 0 spiro atoms. The van der Waals surface area contributed by atoms with Gasteiger partial charge in [-0.05, 0) is 19.8 Å². The summed E-state index contributed by atoms with van der Waals surface area (Å²) in [5.41, 5.74) is 7.00. The van der Waals surface area contributed by atoms with E-state index in [2.05, 4.69) is 16.5 Å². The fourth-order valence-corrected chi connectivity index (χ4v) is 1.87. The molecule has 5 heteroatoms. The largest absolute Gasteiger partial charge is 0.375 e. The lowest BCUT2D eigenvalue weighted by molar-refractivity contribution is 0.164. The molecule has 1 saturated heterocycles. The van der Waals surface area contributed by atoms with E-state index in [0.717, 1.165) is 18.7 Å². The van der Waals surface area contributed by atoms with Crippen LogP contribution in [-0.2, 0) is 4.74 Å². The first-order valence-corrected chi connectivity index (χ1v) is 6.47. The average Bonchev–Trinajstić information content (AvgIpc) is 2.56. The maximum atomic E-state index is 5.96. The molecule has 0 atom stereocenters. The number of hydrogen-bond acceptors (Lipinski definition) is 2. The van der Waals surface area contributed by atoms with E-state index in [4.69, 9.17) is 10.5 Å². The molecule has 106 valence electrons. The average molecular weight is 367 g/mol. The molecule has 18 heavy (non-hydrogen) atoms. The molecule has 1 heterocycles. The van der Waals surface area contributed by atoms with E-state index < -0.39 is 0 Å². The summed E-state index contributed by atoms with van der Waals surface area (Å²) in [5.74, 6) is 0.672.